The summed E-state index contributed by atoms with van der Waals surface area (Å²) in [6.07, 6.45) is 92.0. The zero-order valence-corrected chi connectivity index (χ0v) is 57.6. The van der Waals surface area contributed by atoms with Crippen LogP contribution in [0.1, 0.15) is 322 Å². The Morgan fingerprint density at radius 1 is 0.372 bits per heavy atom. The van der Waals surface area contributed by atoms with Crippen molar-refractivity contribution in [1.29, 1.82) is 0 Å². The number of quaternary nitrogens is 1. The maximum Gasteiger partial charge on any atom is 0.306 e. The number of phosphoric acid groups is 1. The summed E-state index contributed by atoms with van der Waals surface area (Å²) in [6.45, 7) is 4.15. The predicted octanol–water partition coefficient (Wildman–Crippen LogP) is 22.9. The third-order valence-corrected chi connectivity index (χ3v) is 16.6. The number of hydrogen-bond acceptors (Lipinski definition) is 8. The van der Waals surface area contributed by atoms with Crippen LogP contribution in [0.5, 0.6) is 0 Å². The highest BCUT2D eigenvalue weighted by atomic mass is 31.2. The van der Waals surface area contributed by atoms with Crippen molar-refractivity contribution in [2.45, 2.75) is 328 Å². The zero-order valence-electron chi connectivity index (χ0n) is 56.7. The molecule has 498 valence electrons. The number of nitrogens with zero attached hydrogens (tertiary/aromatic N) is 1. The fraction of sp³-hybridized carbons (Fsp3) is 0.763. The largest absolute Gasteiger partial charge is 0.756 e. The van der Waals surface area contributed by atoms with E-state index < -0.39 is 26.5 Å². The topological polar surface area (TPSA) is 111 Å². The standard InChI is InChI=1S/C76H136NO8P/c1-6-8-10-12-14-16-18-20-22-24-26-28-30-32-34-35-36-37-38-39-40-41-43-45-47-49-51-53-55-57-59-61-63-65-67-69-76(79)85-74(73-84-86(80,81)83-71-70-77(3,4)5)72-82-75(78)68-66-64-62-60-58-56-54-52-50-48-46-44-42-33-31-29-27-25-23-21-19-17-15-13-11-9-7-2/h8,10,14,16,19-22,25-28,31-34,74H,6-7,9,11-13,15,17-18,23-24,29-30,35-73H2,1-5H3/b10-8-,16-14-,21-19-,22-20-,27-25-,28-26-,33-31-,34-32-. The Hall–Kier alpha value is -3.07. The summed E-state index contributed by atoms with van der Waals surface area (Å²) in [7, 11) is 1.17. The molecular formula is C76H136NO8P. The number of unbranched alkanes of at least 4 members (excludes halogenated alkanes) is 36. The van der Waals surface area contributed by atoms with Crippen LogP contribution in [0, 0.1) is 0 Å². The van der Waals surface area contributed by atoms with Gasteiger partial charge in [-0.3, -0.25) is 14.2 Å². The highest BCUT2D eigenvalue weighted by Gasteiger charge is 2.22. The summed E-state index contributed by atoms with van der Waals surface area (Å²) in [5.41, 5.74) is 0. The minimum atomic E-state index is -4.65. The molecule has 9 nitrogen and oxygen atoms in total. The first-order valence-electron chi connectivity index (χ1n) is 35.9. The van der Waals surface area contributed by atoms with Gasteiger partial charge in [0, 0.05) is 12.8 Å². The van der Waals surface area contributed by atoms with Crippen LogP contribution in [0.15, 0.2) is 97.2 Å². The fourth-order valence-electron chi connectivity index (χ4n) is 10.1. The number of phosphoric ester groups is 1. The number of carbonyl (C=O) groups excluding carboxylic acids is 2. The van der Waals surface area contributed by atoms with Crippen LogP contribution >= 0.6 is 7.82 Å². The van der Waals surface area contributed by atoms with Crippen LogP contribution < -0.4 is 4.89 Å². The third-order valence-electron chi connectivity index (χ3n) is 15.6. The van der Waals surface area contributed by atoms with Gasteiger partial charge in [0.05, 0.1) is 27.7 Å². The lowest BCUT2D eigenvalue weighted by Gasteiger charge is -2.28. The van der Waals surface area contributed by atoms with Crippen molar-refractivity contribution in [2.24, 2.45) is 0 Å². The van der Waals surface area contributed by atoms with Crippen molar-refractivity contribution in [3.05, 3.63) is 97.2 Å². The van der Waals surface area contributed by atoms with Gasteiger partial charge in [0.15, 0.2) is 6.10 Å². The van der Waals surface area contributed by atoms with E-state index in [0.717, 1.165) is 83.5 Å². The van der Waals surface area contributed by atoms with E-state index in [1.54, 1.807) is 0 Å². The molecule has 0 aliphatic heterocycles. The number of carbonyl (C=O) groups is 2. The Labute approximate surface area is 532 Å². The van der Waals surface area contributed by atoms with E-state index in [1.807, 2.05) is 21.1 Å². The van der Waals surface area contributed by atoms with Gasteiger partial charge in [-0.1, -0.05) is 310 Å². The molecule has 0 aromatic rings. The number of ether oxygens (including phenoxy) is 2. The van der Waals surface area contributed by atoms with Crippen LogP contribution in [0.3, 0.4) is 0 Å². The van der Waals surface area contributed by atoms with Gasteiger partial charge in [-0.15, -0.1) is 0 Å². The minimum absolute atomic E-state index is 0.0327. The van der Waals surface area contributed by atoms with Gasteiger partial charge in [0.25, 0.3) is 7.82 Å². The molecular weight excluding hydrogens is 1090 g/mol. The van der Waals surface area contributed by atoms with Gasteiger partial charge in [-0.25, -0.2) is 0 Å². The zero-order chi connectivity index (χ0) is 62.6. The molecule has 0 radical (unpaired) electrons. The molecule has 0 aromatic carbocycles. The first kappa shape index (κ1) is 82.9. The molecule has 0 saturated carbocycles. The molecule has 0 aromatic heterocycles. The van der Waals surface area contributed by atoms with E-state index in [0.29, 0.717) is 17.4 Å². The van der Waals surface area contributed by atoms with Gasteiger partial charge in [0.1, 0.15) is 19.8 Å². The second-order valence-corrected chi connectivity index (χ2v) is 26.6. The number of allylic oxidation sites excluding steroid dienone is 16. The van der Waals surface area contributed by atoms with Crippen LogP contribution in [0.25, 0.3) is 0 Å². The average molecular weight is 1220 g/mol. The Bertz CT molecular complexity index is 1770. The lowest BCUT2D eigenvalue weighted by atomic mass is 10.0. The molecule has 0 N–H and O–H groups in total. The summed E-state index contributed by atoms with van der Waals surface area (Å²) < 4.78 is 34.3. The number of esters is 2. The molecule has 0 fully saturated rings. The Morgan fingerprint density at radius 2 is 0.663 bits per heavy atom. The first-order chi connectivity index (χ1) is 42.0. The molecule has 0 aliphatic carbocycles. The SMILES string of the molecule is CC/C=C\C/C=C\C/C=C\C/C=C\C/C=C\CCCCCCCCCCCCCCCCCCCCCC(=O)OC(COC(=O)CCCCCCCCCCCCCC/C=C\C/C=C\C/C=C\CCCCCCC)COP(=O)([O-])OCC[N+](C)(C)C. The van der Waals surface area contributed by atoms with Crippen molar-refractivity contribution in [1.82, 2.24) is 0 Å². The van der Waals surface area contributed by atoms with Crippen molar-refractivity contribution in [3.8, 4) is 0 Å². The van der Waals surface area contributed by atoms with Gasteiger partial charge in [-0.05, 0) is 96.3 Å². The van der Waals surface area contributed by atoms with Crippen molar-refractivity contribution in [3.63, 3.8) is 0 Å². The number of likely N-dealkylation sites (N-methyl/N-ethyl adjacent to an activating group) is 1. The summed E-state index contributed by atoms with van der Waals surface area (Å²) >= 11 is 0. The van der Waals surface area contributed by atoms with E-state index in [-0.39, 0.29) is 32.0 Å². The molecule has 0 bridgehead atoms. The maximum atomic E-state index is 12.9. The molecule has 0 aliphatic rings. The van der Waals surface area contributed by atoms with E-state index in [9.17, 15) is 19.0 Å². The van der Waals surface area contributed by atoms with Gasteiger partial charge in [0.2, 0.25) is 0 Å². The molecule has 2 atom stereocenters. The van der Waals surface area contributed by atoms with Crippen LogP contribution in [0.4, 0.5) is 0 Å². The van der Waals surface area contributed by atoms with Gasteiger partial charge < -0.3 is 27.9 Å². The van der Waals surface area contributed by atoms with Crippen molar-refractivity contribution < 1.29 is 42.1 Å². The Morgan fingerprint density at radius 3 is 0.988 bits per heavy atom. The number of rotatable bonds is 66. The highest BCUT2D eigenvalue weighted by Crippen LogP contribution is 2.38. The molecule has 0 saturated heterocycles. The lowest BCUT2D eigenvalue weighted by molar-refractivity contribution is -0.870. The molecule has 10 heteroatoms. The normalized spacial score (nSPS) is 13.7. The Balaban J connectivity index is 4.02. The molecule has 0 rings (SSSR count). The monoisotopic (exact) mass is 1220 g/mol. The second-order valence-electron chi connectivity index (χ2n) is 25.2. The second kappa shape index (κ2) is 66.4. The van der Waals surface area contributed by atoms with Crippen LogP contribution in [-0.4, -0.2) is 70.0 Å². The summed E-state index contributed by atoms with van der Waals surface area (Å²) in [5, 5.41) is 0. The van der Waals surface area contributed by atoms with Gasteiger partial charge in [-0.2, -0.15) is 0 Å². The van der Waals surface area contributed by atoms with E-state index in [1.165, 1.54) is 205 Å². The highest BCUT2D eigenvalue weighted by molar-refractivity contribution is 7.45. The molecule has 0 spiro atoms. The molecule has 0 heterocycles. The third kappa shape index (κ3) is 70.0. The molecule has 2 unspecified atom stereocenters. The van der Waals surface area contributed by atoms with E-state index in [4.69, 9.17) is 18.5 Å². The first-order valence-corrected chi connectivity index (χ1v) is 37.4. The average Bonchev–Trinajstić information content (AvgIpc) is 3.56. The smallest absolute Gasteiger partial charge is 0.306 e. The maximum absolute atomic E-state index is 12.9. The quantitative estimate of drug-likeness (QED) is 0.0195. The van der Waals surface area contributed by atoms with Gasteiger partial charge >= 0.3 is 11.9 Å². The van der Waals surface area contributed by atoms with Crippen molar-refractivity contribution in [2.75, 3.05) is 47.5 Å². The molecule has 0 amide bonds. The summed E-state index contributed by atoms with van der Waals surface area (Å²) in [6, 6.07) is 0. The molecule has 86 heavy (non-hydrogen) atoms. The van der Waals surface area contributed by atoms with E-state index >= 15 is 0 Å². The predicted molar refractivity (Wildman–Crippen MR) is 369 cm³/mol. The van der Waals surface area contributed by atoms with E-state index in [2.05, 4.69) is 111 Å². The minimum Gasteiger partial charge on any atom is -0.756 e. The lowest BCUT2D eigenvalue weighted by Crippen LogP contribution is -2.37. The summed E-state index contributed by atoms with van der Waals surface area (Å²) in [4.78, 5) is 38.1. The Kier molecular flexibility index (Phi) is 64.0. The van der Waals surface area contributed by atoms with Crippen molar-refractivity contribution >= 4 is 19.8 Å². The fourth-order valence-corrected chi connectivity index (χ4v) is 10.8. The number of hydrogen-bond donors (Lipinski definition) is 0. The van der Waals surface area contributed by atoms with Crippen LogP contribution in [-0.2, 0) is 32.7 Å². The van der Waals surface area contributed by atoms with Crippen LogP contribution in [0.2, 0.25) is 0 Å². The summed E-state index contributed by atoms with van der Waals surface area (Å²) in [5.74, 6) is -0.825.